The molecule has 4 fully saturated rings. The summed E-state index contributed by atoms with van der Waals surface area (Å²) in [4.78, 5) is 18.1. The molecule has 3 saturated carbocycles. The van der Waals surface area contributed by atoms with Crippen LogP contribution in [0.2, 0.25) is 0 Å². The SMILES string of the molecule is CC(C)CCC[C@@H](C)[C@H]1CC[C@H]2[C@@H]3[C@@H](O)C=C4C[C@@H](O[C@H]5O[C@H](COP(=O)(O)O)[C@H](O)[C@H](O)[C@@H]5O)CC[C@]4(C)[C@H]3CC[C@]12C. The molecule has 0 amide bonds. The lowest BCUT2D eigenvalue weighted by Crippen LogP contribution is -2.60. The predicted molar refractivity (Wildman–Crippen MR) is 164 cm³/mol. The summed E-state index contributed by atoms with van der Waals surface area (Å²) in [6.07, 6.45) is 4.62. The van der Waals surface area contributed by atoms with Crippen molar-refractivity contribution < 1.29 is 48.8 Å². The molecule has 5 aliphatic rings. The largest absolute Gasteiger partial charge is 0.469 e. The molecule has 6 N–H and O–H groups in total. The van der Waals surface area contributed by atoms with Crippen LogP contribution in [0.5, 0.6) is 0 Å². The fraction of sp³-hybridized carbons (Fsp3) is 0.939. The summed E-state index contributed by atoms with van der Waals surface area (Å²) in [6, 6.07) is 0. The molecule has 14 atom stereocenters. The van der Waals surface area contributed by atoms with Gasteiger partial charge in [0.1, 0.15) is 24.4 Å². The molecule has 0 spiro atoms. The highest BCUT2D eigenvalue weighted by Gasteiger charge is 2.61. The maximum atomic E-state index is 11.7. The average molecular weight is 645 g/mol. The van der Waals surface area contributed by atoms with Crippen LogP contribution < -0.4 is 0 Å². The summed E-state index contributed by atoms with van der Waals surface area (Å²) in [5.41, 5.74) is 1.39. The second-order valence-corrected chi connectivity index (χ2v) is 17.0. The Morgan fingerprint density at radius 1 is 0.955 bits per heavy atom. The molecule has 4 aliphatic carbocycles. The average Bonchev–Trinajstić information content (AvgIpc) is 3.30. The molecule has 5 rings (SSSR count). The van der Waals surface area contributed by atoms with Gasteiger partial charge in [-0.3, -0.25) is 4.52 Å². The molecule has 0 aromatic rings. The Kier molecular flexibility index (Phi) is 10.5. The van der Waals surface area contributed by atoms with Crippen molar-refractivity contribution in [2.75, 3.05) is 6.61 Å². The zero-order chi connectivity index (χ0) is 32.2. The van der Waals surface area contributed by atoms with Gasteiger partial charge in [-0.2, -0.15) is 0 Å². The van der Waals surface area contributed by atoms with E-state index in [1.807, 2.05) is 0 Å². The third kappa shape index (κ3) is 6.78. The second kappa shape index (κ2) is 13.3. The lowest BCUT2D eigenvalue weighted by Gasteiger charge is -2.59. The normalized spacial score (nSPS) is 46.6. The summed E-state index contributed by atoms with van der Waals surface area (Å²) in [5.74, 6) is 3.33. The molecule has 0 radical (unpaired) electrons. The fourth-order valence-corrected chi connectivity index (χ4v) is 10.6. The van der Waals surface area contributed by atoms with E-state index in [2.05, 4.69) is 45.2 Å². The van der Waals surface area contributed by atoms with Crippen LogP contribution in [0.25, 0.3) is 0 Å². The fourth-order valence-electron chi connectivity index (χ4n) is 10.3. The zero-order valence-corrected chi connectivity index (χ0v) is 28.0. The highest BCUT2D eigenvalue weighted by atomic mass is 31.2. The number of aliphatic hydroxyl groups excluding tert-OH is 4. The summed E-state index contributed by atoms with van der Waals surface area (Å²) in [6.45, 7) is 11.3. The molecule has 0 aromatic carbocycles. The molecule has 0 bridgehead atoms. The van der Waals surface area contributed by atoms with E-state index in [0.29, 0.717) is 36.5 Å². The third-order valence-electron chi connectivity index (χ3n) is 12.7. The van der Waals surface area contributed by atoms with Crippen LogP contribution in [0.15, 0.2) is 11.6 Å². The van der Waals surface area contributed by atoms with Gasteiger partial charge < -0.3 is 39.7 Å². The second-order valence-electron chi connectivity index (χ2n) is 15.7. The monoisotopic (exact) mass is 644 g/mol. The minimum Gasteiger partial charge on any atom is -0.389 e. The van der Waals surface area contributed by atoms with Crippen molar-refractivity contribution in [1.82, 2.24) is 0 Å². The number of rotatable bonds is 10. The lowest BCUT2D eigenvalue weighted by atomic mass is 9.46. The number of hydrogen-bond acceptors (Lipinski definition) is 8. The van der Waals surface area contributed by atoms with Gasteiger partial charge in [-0.25, -0.2) is 4.57 Å². The van der Waals surface area contributed by atoms with Gasteiger partial charge in [-0.05, 0) is 91.3 Å². The van der Waals surface area contributed by atoms with Crippen molar-refractivity contribution in [1.29, 1.82) is 0 Å². The number of aliphatic hydroxyl groups is 4. The summed E-state index contributed by atoms with van der Waals surface area (Å²) >= 11 is 0. The van der Waals surface area contributed by atoms with Crippen molar-refractivity contribution in [3.05, 3.63) is 11.6 Å². The highest BCUT2D eigenvalue weighted by Crippen LogP contribution is 2.67. The van der Waals surface area contributed by atoms with Gasteiger partial charge in [0.2, 0.25) is 0 Å². The Balaban J connectivity index is 1.26. The molecule has 10 nitrogen and oxygen atoms in total. The van der Waals surface area contributed by atoms with Gasteiger partial charge >= 0.3 is 7.82 Å². The first-order chi connectivity index (χ1) is 20.5. The Hall–Kier alpha value is -0.390. The first-order valence-electron chi connectivity index (χ1n) is 17.0. The van der Waals surface area contributed by atoms with E-state index in [9.17, 15) is 25.0 Å². The van der Waals surface area contributed by atoms with E-state index in [1.165, 1.54) is 44.1 Å². The molecule has 1 heterocycles. The summed E-state index contributed by atoms with van der Waals surface area (Å²) < 4.78 is 27.4. The molecule has 0 aromatic heterocycles. The van der Waals surface area contributed by atoms with Gasteiger partial charge in [0.25, 0.3) is 0 Å². The molecule has 1 saturated heterocycles. The van der Waals surface area contributed by atoms with Crippen molar-refractivity contribution >= 4 is 7.82 Å². The van der Waals surface area contributed by atoms with Crippen LogP contribution >= 0.6 is 7.82 Å². The van der Waals surface area contributed by atoms with E-state index < -0.39 is 51.2 Å². The van der Waals surface area contributed by atoms with Crippen LogP contribution in [0.3, 0.4) is 0 Å². The van der Waals surface area contributed by atoms with E-state index in [0.717, 1.165) is 18.8 Å². The number of hydrogen-bond donors (Lipinski definition) is 6. The van der Waals surface area contributed by atoms with Crippen molar-refractivity contribution in [3.63, 3.8) is 0 Å². The summed E-state index contributed by atoms with van der Waals surface area (Å²) in [5, 5.41) is 43.0. The number of phosphoric ester groups is 1. The predicted octanol–water partition coefficient (Wildman–Crippen LogP) is 4.30. The quantitative estimate of drug-likeness (QED) is 0.149. The Labute approximate surface area is 262 Å². The lowest BCUT2D eigenvalue weighted by molar-refractivity contribution is -0.312. The van der Waals surface area contributed by atoms with Crippen molar-refractivity contribution in [2.24, 2.45) is 46.3 Å². The standard InChI is InChI=1S/C33H57O10P/c1-18(2)7-6-8-19(3)22-9-10-23-27-24(12-14-33(22,23)5)32(4)13-11-21(15-20(32)16-25(27)34)42-31-30(37)29(36)28(35)26(43-31)17-41-44(38,39)40/h16,18-19,21-31,34-37H,6-15,17H2,1-5H3,(H2,38,39,40)/t19-,21+,22-,23+,24+,25+,26-,27+,28+,29+,30+,31+,32+,33-/m1/s1. The Bertz CT molecular complexity index is 1080. The minimum absolute atomic E-state index is 0.0480. The van der Waals surface area contributed by atoms with Crippen LogP contribution in [0, 0.1) is 46.3 Å². The van der Waals surface area contributed by atoms with E-state index >= 15 is 0 Å². The molecule has 44 heavy (non-hydrogen) atoms. The molecule has 0 unspecified atom stereocenters. The number of phosphoric acid groups is 1. The van der Waals surface area contributed by atoms with Crippen LogP contribution in [0.4, 0.5) is 0 Å². The van der Waals surface area contributed by atoms with Gasteiger partial charge in [0.15, 0.2) is 6.29 Å². The maximum Gasteiger partial charge on any atom is 0.469 e. The topological polar surface area (TPSA) is 166 Å². The number of fused-ring (bicyclic) bond motifs is 5. The molecular weight excluding hydrogens is 587 g/mol. The first-order valence-corrected chi connectivity index (χ1v) is 18.5. The summed E-state index contributed by atoms with van der Waals surface area (Å²) in [7, 11) is -4.83. The van der Waals surface area contributed by atoms with E-state index in [-0.39, 0.29) is 22.9 Å². The van der Waals surface area contributed by atoms with Gasteiger partial charge in [-0.1, -0.05) is 65.5 Å². The van der Waals surface area contributed by atoms with Gasteiger partial charge in [-0.15, -0.1) is 0 Å². The third-order valence-corrected chi connectivity index (χ3v) is 13.2. The molecule has 1 aliphatic heterocycles. The van der Waals surface area contributed by atoms with Crippen LogP contribution in [0.1, 0.15) is 98.8 Å². The Morgan fingerprint density at radius 2 is 1.68 bits per heavy atom. The van der Waals surface area contributed by atoms with E-state index in [4.69, 9.17) is 19.3 Å². The van der Waals surface area contributed by atoms with Gasteiger partial charge in [0, 0.05) is 0 Å². The Morgan fingerprint density at radius 3 is 2.36 bits per heavy atom. The van der Waals surface area contributed by atoms with Crippen molar-refractivity contribution in [3.8, 4) is 0 Å². The first kappa shape index (κ1) is 34.9. The molecule has 254 valence electrons. The van der Waals surface area contributed by atoms with Gasteiger partial charge in [0.05, 0.1) is 18.8 Å². The molecule has 11 heteroatoms. The van der Waals surface area contributed by atoms with Crippen LogP contribution in [-0.2, 0) is 18.6 Å². The zero-order valence-electron chi connectivity index (χ0n) is 27.1. The van der Waals surface area contributed by atoms with E-state index in [1.54, 1.807) is 0 Å². The highest BCUT2D eigenvalue weighted by molar-refractivity contribution is 7.46. The van der Waals surface area contributed by atoms with Crippen LogP contribution in [-0.4, -0.2) is 79.7 Å². The molecular formula is C33H57O10P. The maximum absolute atomic E-state index is 11.7. The number of ether oxygens (including phenoxy) is 2. The minimum atomic E-state index is -4.83. The van der Waals surface area contributed by atoms with Crippen molar-refractivity contribution in [2.45, 2.75) is 142 Å². The smallest absolute Gasteiger partial charge is 0.389 e.